The van der Waals surface area contributed by atoms with Crippen molar-refractivity contribution in [3.8, 4) is 0 Å². The summed E-state index contributed by atoms with van der Waals surface area (Å²) in [5.41, 5.74) is 1.03. The van der Waals surface area contributed by atoms with Crippen LogP contribution in [-0.4, -0.2) is 0 Å². The summed E-state index contributed by atoms with van der Waals surface area (Å²) in [6.07, 6.45) is 0. The summed E-state index contributed by atoms with van der Waals surface area (Å²) >= 11 is 13.8. The van der Waals surface area contributed by atoms with Crippen LogP contribution in [0.2, 0.25) is 10.0 Å². The van der Waals surface area contributed by atoms with Gasteiger partial charge < -0.3 is 5.32 Å². The molecule has 0 saturated carbocycles. The summed E-state index contributed by atoms with van der Waals surface area (Å²) in [5, 5.41) is 6.99. The molecule has 0 aliphatic rings. The van der Waals surface area contributed by atoms with Gasteiger partial charge in [0, 0.05) is 27.5 Å². The SMILES string of the molecule is C[C@H](NCc1cc(Cl)ccc1Cl)c1cccs1. The van der Waals surface area contributed by atoms with Gasteiger partial charge in [0.25, 0.3) is 0 Å². The van der Waals surface area contributed by atoms with E-state index < -0.39 is 0 Å². The van der Waals surface area contributed by atoms with Crippen molar-refractivity contribution in [2.75, 3.05) is 0 Å². The summed E-state index contributed by atoms with van der Waals surface area (Å²) < 4.78 is 0. The molecular weight excluding hydrogens is 273 g/mol. The Balaban J connectivity index is 2.00. The summed E-state index contributed by atoms with van der Waals surface area (Å²) in [7, 11) is 0. The Hall–Kier alpha value is -0.540. The lowest BCUT2D eigenvalue weighted by atomic mass is 10.2. The molecule has 0 saturated heterocycles. The van der Waals surface area contributed by atoms with Crippen LogP contribution in [0.25, 0.3) is 0 Å². The van der Waals surface area contributed by atoms with Crippen LogP contribution in [0.3, 0.4) is 0 Å². The average Bonchev–Trinajstić information content (AvgIpc) is 2.83. The van der Waals surface area contributed by atoms with Crippen LogP contribution < -0.4 is 5.32 Å². The highest BCUT2D eigenvalue weighted by Gasteiger charge is 2.07. The Bertz CT molecular complexity index is 482. The van der Waals surface area contributed by atoms with E-state index in [0.717, 1.165) is 22.2 Å². The quantitative estimate of drug-likeness (QED) is 0.842. The number of hydrogen-bond donors (Lipinski definition) is 1. The van der Waals surface area contributed by atoms with Crippen LogP contribution in [0.15, 0.2) is 35.7 Å². The Morgan fingerprint density at radius 1 is 1.29 bits per heavy atom. The van der Waals surface area contributed by atoms with Gasteiger partial charge in [-0.2, -0.15) is 0 Å². The molecule has 0 aliphatic carbocycles. The second-order valence-electron chi connectivity index (χ2n) is 3.85. The molecule has 1 atom stereocenters. The highest BCUT2D eigenvalue weighted by Crippen LogP contribution is 2.23. The van der Waals surface area contributed by atoms with Gasteiger partial charge in [-0.15, -0.1) is 11.3 Å². The molecule has 0 fully saturated rings. The normalized spacial score (nSPS) is 12.6. The van der Waals surface area contributed by atoms with Crippen LogP contribution in [-0.2, 0) is 6.54 Å². The number of nitrogens with one attached hydrogen (secondary N) is 1. The molecule has 2 rings (SSSR count). The third-order valence-corrected chi connectivity index (χ3v) is 4.24. The molecule has 17 heavy (non-hydrogen) atoms. The minimum Gasteiger partial charge on any atom is -0.305 e. The maximum absolute atomic E-state index is 6.11. The number of hydrogen-bond acceptors (Lipinski definition) is 2. The first-order valence-electron chi connectivity index (χ1n) is 5.37. The third-order valence-electron chi connectivity index (χ3n) is 2.58. The van der Waals surface area contributed by atoms with Gasteiger partial charge in [0.05, 0.1) is 0 Å². The van der Waals surface area contributed by atoms with Gasteiger partial charge in [0.2, 0.25) is 0 Å². The van der Waals surface area contributed by atoms with Crippen molar-refractivity contribution >= 4 is 34.5 Å². The molecule has 1 aromatic carbocycles. The summed E-state index contributed by atoms with van der Waals surface area (Å²) in [6.45, 7) is 2.86. The van der Waals surface area contributed by atoms with E-state index in [9.17, 15) is 0 Å². The van der Waals surface area contributed by atoms with Crippen LogP contribution in [0.5, 0.6) is 0 Å². The lowest BCUT2D eigenvalue weighted by molar-refractivity contribution is 0.583. The minimum absolute atomic E-state index is 0.324. The topological polar surface area (TPSA) is 12.0 Å². The van der Waals surface area contributed by atoms with Gasteiger partial charge >= 0.3 is 0 Å². The van der Waals surface area contributed by atoms with Crippen molar-refractivity contribution in [3.05, 3.63) is 56.2 Å². The zero-order valence-corrected chi connectivity index (χ0v) is 11.7. The van der Waals surface area contributed by atoms with E-state index in [2.05, 4.69) is 29.8 Å². The second-order valence-corrected chi connectivity index (χ2v) is 5.68. The first kappa shape index (κ1) is 12.9. The fourth-order valence-corrected chi connectivity index (χ4v) is 2.72. The lowest BCUT2D eigenvalue weighted by Gasteiger charge is -2.13. The van der Waals surface area contributed by atoms with Crippen molar-refractivity contribution in [3.63, 3.8) is 0 Å². The van der Waals surface area contributed by atoms with E-state index >= 15 is 0 Å². The Morgan fingerprint density at radius 2 is 2.12 bits per heavy atom. The zero-order chi connectivity index (χ0) is 12.3. The molecule has 0 unspecified atom stereocenters. The van der Waals surface area contributed by atoms with Crippen molar-refractivity contribution in [1.82, 2.24) is 5.32 Å². The van der Waals surface area contributed by atoms with Gasteiger partial charge in [-0.25, -0.2) is 0 Å². The minimum atomic E-state index is 0.324. The first-order chi connectivity index (χ1) is 8.16. The lowest BCUT2D eigenvalue weighted by Crippen LogP contribution is -2.17. The molecule has 0 bridgehead atoms. The van der Waals surface area contributed by atoms with Crippen molar-refractivity contribution < 1.29 is 0 Å². The molecule has 1 aromatic heterocycles. The fourth-order valence-electron chi connectivity index (χ4n) is 1.58. The Labute approximate surface area is 115 Å². The zero-order valence-electron chi connectivity index (χ0n) is 9.41. The van der Waals surface area contributed by atoms with E-state index in [1.54, 1.807) is 17.4 Å². The molecule has 1 nitrogen and oxygen atoms in total. The standard InChI is InChI=1S/C13H13Cl2NS/c1-9(13-3-2-6-17-13)16-8-10-7-11(14)4-5-12(10)15/h2-7,9,16H,8H2,1H3/t9-/m0/s1. The second kappa shape index (κ2) is 5.87. The molecule has 0 radical (unpaired) electrons. The smallest absolute Gasteiger partial charge is 0.0451 e. The van der Waals surface area contributed by atoms with E-state index in [1.807, 2.05) is 12.1 Å². The largest absolute Gasteiger partial charge is 0.305 e. The predicted molar refractivity (Wildman–Crippen MR) is 76.0 cm³/mol. The Morgan fingerprint density at radius 3 is 2.82 bits per heavy atom. The van der Waals surface area contributed by atoms with Crippen LogP contribution in [0.4, 0.5) is 0 Å². The molecule has 0 spiro atoms. The molecule has 90 valence electrons. The van der Waals surface area contributed by atoms with Crippen LogP contribution in [0, 0.1) is 0 Å². The number of benzene rings is 1. The van der Waals surface area contributed by atoms with E-state index in [0.29, 0.717) is 6.04 Å². The summed E-state index contributed by atoms with van der Waals surface area (Å²) in [6, 6.07) is 10.0. The van der Waals surface area contributed by atoms with Crippen molar-refractivity contribution in [2.24, 2.45) is 0 Å². The average molecular weight is 286 g/mol. The van der Waals surface area contributed by atoms with E-state index in [-0.39, 0.29) is 0 Å². The summed E-state index contributed by atoms with van der Waals surface area (Å²) in [5.74, 6) is 0. The van der Waals surface area contributed by atoms with Gasteiger partial charge in [-0.1, -0.05) is 29.3 Å². The Kier molecular flexibility index (Phi) is 4.46. The highest BCUT2D eigenvalue weighted by molar-refractivity contribution is 7.10. The van der Waals surface area contributed by atoms with Crippen LogP contribution >= 0.6 is 34.5 Å². The van der Waals surface area contributed by atoms with Crippen molar-refractivity contribution in [1.29, 1.82) is 0 Å². The number of thiophene rings is 1. The molecule has 0 aliphatic heterocycles. The van der Waals surface area contributed by atoms with Gasteiger partial charge in [0.15, 0.2) is 0 Å². The highest BCUT2D eigenvalue weighted by atomic mass is 35.5. The number of rotatable bonds is 4. The van der Waals surface area contributed by atoms with Gasteiger partial charge in [-0.3, -0.25) is 0 Å². The van der Waals surface area contributed by atoms with Gasteiger partial charge in [0.1, 0.15) is 0 Å². The van der Waals surface area contributed by atoms with E-state index in [4.69, 9.17) is 23.2 Å². The predicted octanol–water partition coefficient (Wildman–Crippen LogP) is 4.91. The van der Waals surface area contributed by atoms with Gasteiger partial charge in [-0.05, 0) is 42.1 Å². The molecule has 1 N–H and O–H groups in total. The van der Waals surface area contributed by atoms with E-state index in [1.165, 1.54) is 4.88 Å². The fraction of sp³-hybridized carbons (Fsp3) is 0.231. The molecular formula is C13H13Cl2NS. The first-order valence-corrected chi connectivity index (χ1v) is 7.01. The monoisotopic (exact) mass is 285 g/mol. The maximum atomic E-state index is 6.11. The molecule has 1 heterocycles. The van der Waals surface area contributed by atoms with Crippen LogP contribution in [0.1, 0.15) is 23.4 Å². The molecule has 4 heteroatoms. The maximum Gasteiger partial charge on any atom is 0.0451 e. The van der Waals surface area contributed by atoms with Crippen molar-refractivity contribution in [2.45, 2.75) is 19.5 Å². The number of halogens is 2. The molecule has 2 aromatic rings. The molecule has 0 amide bonds. The summed E-state index contributed by atoms with van der Waals surface area (Å²) in [4.78, 5) is 1.32. The third kappa shape index (κ3) is 3.46.